The van der Waals surface area contributed by atoms with Crippen LogP contribution in [0.4, 0.5) is 0 Å². The second-order valence-electron chi connectivity index (χ2n) is 7.84. The van der Waals surface area contributed by atoms with Gasteiger partial charge in [-0.2, -0.15) is 9.90 Å². The van der Waals surface area contributed by atoms with Gasteiger partial charge in [-0.1, -0.05) is 12.1 Å². The molecule has 0 aliphatic rings. The summed E-state index contributed by atoms with van der Waals surface area (Å²) in [5.74, 6) is -0.291. The SMILES string of the molecule is Cc1cc(-c2ncnn3cccc23)ccc1CNC(=O)c1nnn(C(C)(C)C)n1. The molecule has 3 heterocycles. The number of hydrogen-bond donors (Lipinski definition) is 1. The predicted octanol–water partition coefficient (Wildman–Crippen LogP) is 2.38. The highest BCUT2D eigenvalue weighted by Crippen LogP contribution is 2.24. The average molecular weight is 390 g/mol. The molecular formula is C20H22N8O. The van der Waals surface area contributed by atoms with Crippen molar-refractivity contribution in [3.63, 3.8) is 0 Å². The molecule has 0 fully saturated rings. The molecule has 1 aromatic carbocycles. The zero-order valence-electron chi connectivity index (χ0n) is 16.8. The Kier molecular flexibility index (Phi) is 4.57. The predicted molar refractivity (Wildman–Crippen MR) is 107 cm³/mol. The first-order chi connectivity index (χ1) is 13.8. The zero-order chi connectivity index (χ0) is 20.6. The Morgan fingerprint density at radius 1 is 1.21 bits per heavy atom. The van der Waals surface area contributed by atoms with Crippen molar-refractivity contribution in [3.8, 4) is 11.3 Å². The van der Waals surface area contributed by atoms with E-state index in [2.05, 4.69) is 36.9 Å². The van der Waals surface area contributed by atoms with Crippen molar-refractivity contribution >= 4 is 11.4 Å². The van der Waals surface area contributed by atoms with E-state index in [4.69, 9.17) is 0 Å². The van der Waals surface area contributed by atoms with Crippen LogP contribution in [0.3, 0.4) is 0 Å². The topological polar surface area (TPSA) is 103 Å². The molecule has 4 aromatic rings. The molecule has 29 heavy (non-hydrogen) atoms. The van der Waals surface area contributed by atoms with Gasteiger partial charge in [0.25, 0.3) is 11.7 Å². The van der Waals surface area contributed by atoms with Crippen LogP contribution in [0.2, 0.25) is 0 Å². The second kappa shape index (κ2) is 7.08. The molecule has 0 bridgehead atoms. The number of carbonyl (C=O) groups excluding carboxylic acids is 1. The third-order valence-corrected chi connectivity index (χ3v) is 4.61. The lowest BCUT2D eigenvalue weighted by Crippen LogP contribution is -2.27. The first kappa shape index (κ1) is 18.7. The van der Waals surface area contributed by atoms with Crippen LogP contribution in [0, 0.1) is 6.92 Å². The van der Waals surface area contributed by atoms with Crippen molar-refractivity contribution in [2.45, 2.75) is 39.8 Å². The fraction of sp³-hybridized carbons (Fsp3) is 0.300. The van der Waals surface area contributed by atoms with Gasteiger partial charge in [-0.05, 0) is 62.2 Å². The minimum Gasteiger partial charge on any atom is -0.345 e. The fourth-order valence-electron chi connectivity index (χ4n) is 2.97. The lowest BCUT2D eigenvalue weighted by atomic mass is 10.0. The van der Waals surface area contributed by atoms with Crippen LogP contribution in [0.1, 0.15) is 42.5 Å². The molecule has 0 atom stereocenters. The van der Waals surface area contributed by atoms with Gasteiger partial charge in [0.15, 0.2) is 0 Å². The summed E-state index contributed by atoms with van der Waals surface area (Å²) >= 11 is 0. The van der Waals surface area contributed by atoms with Gasteiger partial charge in [-0.3, -0.25) is 4.79 Å². The average Bonchev–Trinajstić information content (AvgIpc) is 3.35. The highest BCUT2D eigenvalue weighted by molar-refractivity contribution is 5.90. The summed E-state index contributed by atoms with van der Waals surface area (Å²) in [6.07, 6.45) is 3.44. The number of carbonyl (C=O) groups is 1. The van der Waals surface area contributed by atoms with Gasteiger partial charge in [0.2, 0.25) is 0 Å². The number of nitrogens with zero attached hydrogens (tertiary/aromatic N) is 7. The van der Waals surface area contributed by atoms with Gasteiger partial charge >= 0.3 is 0 Å². The quantitative estimate of drug-likeness (QED) is 0.574. The summed E-state index contributed by atoms with van der Waals surface area (Å²) in [6, 6.07) is 9.97. The second-order valence-corrected chi connectivity index (χ2v) is 7.84. The van der Waals surface area contributed by atoms with Crippen molar-refractivity contribution < 1.29 is 4.79 Å². The summed E-state index contributed by atoms with van der Waals surface area (Å²) in [7, 11) is 0. The number of rotatable bonds is 4. The third-order valence-electron chi connectivity index (χ3n) is 4.61. The van der Waals surface area contributed by atoms with E-state index in [-0.39, 0.29) is 17.3 Å². The van der Waals surface area contributed by atoms with Gasteiger partial charge < -0.3 is 5.32 Å². The third kappa shape index (κ3) is 3.71. The van der Waals surface area contributed by atoms with Crippen LogP contribution in [-0.2, 0) is 12.1 Å². The number of benzene rings is 1. The molecule has 0 aliphatic carbocycles. The molecule has 0 unspecified atom stereocenters. The summed E-state index contributed by atoms with van der Waals surface area (Å²) in [4.78, 5) is 18.2. The van der Waals surface area contributed by atoms with E-state index >= 15 is 0 Å². The fourth-order valence-corrected chi connectivity index (χ4v) is 2.97. The molecule has 3 aromatic heterocycles. The summed E-state index contributed by atoms with van der Waals surface area (Å²) in [5, 5.41) is 19.0. The first-order valence-electron chi connectivity index (χ1n) is 9.30. The molecule has 9 heteroatoms. The molecule has 9 nitrogen and oxygen atoms in total. The van der Waals surface area contributed by atoms with E-state index in [1.807, 2.05) is 58.2 Å². The number of nitrogens with one attached hydrogen (secondary N) is 1. The van der Waals surface area contributed by atoms with Crippen LogP contribution < -0.4 is 5.32 Å². The molecule has 0 aliphatic heterocycles. The maximum absolute atomic E-state index is 12.4. The Bertz CT molecular complexity index is 1180. The van der Waals surface area contributed by atoms with Gasteiger partial charge in [-0.15, -0.1) is 10.2 Å². The molecular weight excluding hydrogens is 368 g/mol. The summed E-state index contributed by atoms with van der Waals surface area (Å²) in [5.41, 5.74) is 4.54. The lowest BCUT2D eigenvalue weighted by Gasteiger charge is -2.15. The van der Waals surface area contributed by atoms with Crippen molar-refractivity contribution in [3.05, 3.63) is 59.8 Å². The normalized spacial score (nSPS) is 11.7. The van der Waals surface area contributed by atoms with Gasteiger partial charge in [0.05, 0.1) is 16.7 Å². The number of tetrazole rings is 1. The minimum absolute atomic E-state index is 0.0609. The Morgan fingerprint density at radius 2 is 2.03 bits per heavy atom. The van der Waals surface area contributed by atoms with Crippen LogP contribution >= 0.6 is 0 Å². The Hall–Kier alpha value is -3.62. The number of amides is 1. The molecule has 148 valence electrons. The Morgan fingerprint density at radius 3 is 2.76 bits per heavy atom. The zero-order valence-corrected chi connectivity index (χ0v) is 16.8. The highest BCUT2D eigenvalue weighted by Gasteiger charge is 2.20. The van der Waals surface area contributed by atoms with E-state index in [0.717, 1.165) is 27.9 Å². The van der Waals surface area contributed by atoms with E-state index in [1.54, 1.807) is 10.8 Å². The Labute approximate surface area is 167 Å². The maximum atomic E-state index is 12.4. The maximum Gasteiger partial charge on any atom is 0.293 e. The monoisotopic (exact) mass is 390 g/mol. The van der Waals surface area contributed by atoms with Crippen molar-refractivity contribution in [1.82, 2.24) is 40.1 Å². The number of aryl methyl sites for hydroxylation is 1. The van der Waals surface area contributed by atoms with Crippen LogP contribution in [0.25, 0.3) is 16.8 Å². The molecule has 0 saturated carbocycles. The highest BCUT2D eigenvalue weighted by atomic mass is 16.2. The standard InChI is InChI=1S/C20H22N8O/c1-13-10-14(17-16-6-5-9-27(16)23-12-22-17)7-8-15(13)11-21-19(29)18-24-26-28(25-18)20(2,3)4/h5-10,12H,11H2,1-4H3,(H,21,29). The molecule has 1 N–H and O–H groups in total. The van der Waals surface area contributed by atoms with Crippen molar-refractivity contribution in [1.29, 1.82) is 0 Å². The smallest absolute Gasteiger partial charge is 0.293 e. The van der Waals surface area contributed by atoms with E-state index in [9.17, 15) is 4.79 Å². The molecule has 0 saturated heterocycles. The van der Waals surface area contributed by atoms with Crippen LogP contribution in [-0.4, -0.2) is 40.7 Å². The summed E-state index contributed by atoms with van der Waals surface area (Å²) < 4.78 is 1.80. The van der Waals surface area contributed by atoms with Crippen LogP contribution in [0.15, 0.2) is 42.9 Å². The largest absolute Gasteiger partial charge is 0.345 e. The number of fused-ring (bicyclic) bond motifs is 1. The van der Waals surface area contributed by atoms with E-state index in [1.165, 1.54) is 4.80 Å². The van der Waals surface area contributed by atoms with E-state index in [0.29, 0.717) is 6.54 Å². The van der Waals surface area contributed by atoms with Gasteiger partial charge in [0.1, 0.15) is 6.33 Å². The van der Waals surface area contributed by atoms with Gasteiger partial charge in [-0.25, -0.2) is 9.50 Å². The molecule has 1 amide bonds. The van der Waals surface area contributed by atoms with Crippen molar-refractivity contribution in [2.75, 3.05) is 0 Å². The Balaban J connectivity index is 1.50. The molecule has 0 radical (unpaired) electrons. The van der Waals surface area contributed by atoms with Crippen molar-refractivity contribution in [2.24, 2.45) is 0 Å². The van der Waals surface area contributed by atoms with E-state index < -0.39 is 0 Å². The summed E-state index contributed by atoms with van der Waals surface area (Å²) in [6.45, 7) is 8.22. The van der Waals surface area contributed by atoms with Crippen LogP contribution in [0.5, 0.6) is 0 Å². The first-order valence-corrected chi connectivity index (χ1v) is 9.30. The number of aromatic nitrogens is 7. The molecule has 0 spiro atoms. The lowest BCUT2D eigenvalue weighted by molar-refractivity contribution is 0.0939. The number of hydrogen-bond acceptors (Lipinski definition) is 6. The molecule has 4 rings (SSSR count). The minimum atomic E-state index is -0.352. The van der Waals surface area contributed by atoms with Gasteiger partial charge in [0, 0.05) is 18.3 Å².